The third kappa shape index (κ3) is 4.42. The molecule has 2 aromatic rings. The monoisotopic (exact) mass is 422 g/mol. The van der Waals surface area contributed by atoms with E-state index in [4.69, 9.17) is 11.6 Å². The number of sulfonamides is 1. The average molecular weight is 423 g/mol. The second kappa shape index (κ2) is 8.41. The van der Waals surface area contributed by atoms with Crippen molar-refractivity contribution >= 4 is 39.0 Å². The van der Waals surface area contributed by atoms with Crippen molar-refractivity contribution in [3.63, 3.8) is 0 Å². The van der Waals surface area contributed by atoms with Gasteiger partial charge in [-0.05, 0) is 55.7 Å². The summed E-state index contributed by atoms with van der Waals surface area (Å²) in [5.41, 5.74) is 1.35. The molecule has 0 saturated carbocycles. The molecule has 0 aromatic heterocycles. The number of carboxylic acid groups (broad SMARTS) is 1. The molecule has 1 saturated heterocycles. The molecule has 0 spiro atoms. The molecule has 1 heterocycles. The lowest BCUT2D eigenvalue weighted by Gasteiger charge is -2.25. The standard InChI is InChI=1S/C20H23ClN2O4S/c1-14-17(21)7-6-8-19(14)28(26,27)22-15-9-10-18(16(13-15)20(24)25)23-11-4-2-3-5-12-23/h6-10,13,22H,2-5,11-12H2,1H3,(H,24,25). The number of hydrogen-bond acceptors (Lipinski definition) is 4. The first-order valence-corrected chi connectivity index (χ1v) is 11.1. The minimum absolute atomic E-state index is 0.0634. The Balaban J connectivity index is 1.93. The molecule has 1 fully saturated rings. The first kappa shape index (κ1) is 20.5. The number of aromatic carboxylic acids is 1. The predicted octanol–water partition coefficient (Wildman–Crippen LogP) is 4.53. The lowest BCUT2D eigenvalue weighted by molar-refractivity contribution is 0.0697. The van der Waals surface area contributed by atoms with Gasteiger partial charge in [-0.2, -0.15) is 0 Å². The summed E-state index contributed by atoms with van der Waals surface area (Å²) in [4.78, 5) is 13.9. The molecule has 0 atom stereocenters. The van der Waals surface area contributed by atoms with E-state index in [1.165, 1.54) is 12.1 Å². The van der Waals surface area contributed by atoms with Gasteiger partial charge in [0.2, 0.25) is 0 Å². The molecule has 1 aliphatic heterocycles. The summed E-state index contributed by atoms with van der Waals surface area (Å²) < 4.78 is 28.0. The van der Waals surface area contributed by atoms with Crippen LogP contribution in [0.3, 0.4) is 0 Å². The summed E-state index contributed by atoms with van der Waals surface area (Å²) in [6, 6.07) is 9.30. The smallest absolute Gasteiger partial charge is 0.337 e. The van der Waals surface area contributed by atoms with Gasteiger partial charge >= 0.3 is 5.97 Å². The van der Waals surface area contributed by atoms with E-state index in [2.05, 4.69) is 9.62 Å². The number of nitrogens with one attached hydrogen (secondary N) is 1. The van der Waals surface area contributed by atoms with Crippen LogP contribution in [0.5, 0.6) is 0 Å². The highest BCUT2D eigenvalue weighted by Gasteiger charge is 2.22. The molecule has 6 nitrogen and oxygen atoms in total. The highest BCUT2D eigenvalue weighted by atomic mass is 35.5. The van der Waals surface area contributed by atoms with E-state index < -0.39 is 16.0 Å². The maximum absolute atomic E-state index is 12.8. The van der Waals surface area contributed by atoms with Gasteiger partial charge in [-0.1, -0.05) is 30.5 Å². The first-order valence-electron chi connectivity index (χ1n) is 9.20. The SMILES string of the molecule is Cc1c(Cl)cccc1S(=O)(=O)Nc1ccc(N2CCCCCC2)c(C(=O)O)c1. The van der Waals surface area contributed by atoms with Gasteiger partial charge in [-0.15, -0.1) is 0 Å². The van der Waals surface area contributed by atoms with Crippen molar-refractivity contribution in [3.8, 4) is 0 Å². The van der Waals surface area contributed by atoms with Crippen molar-refractivity contribution in [2.24, 2.45) is 0 Å². The number of benzene rings is 2. The molecule has 1 aliphatic rings. The highest BCUT2D eigenvalue weighted by molar-refractivity contribution is 7.92. The summed E-state index contributed by atoms with van der Waals surface area (Å²) in [5, 5.41) is 10.0. The van der Waals surface area contributed by atoms with Crippen LogP contribution < -0.4 is 9.62 Å². The lowest BCUT2D eigenvalue weighted by atomic mass is 10.1. The number of anilines is 2. The zero-order valence-electron chi connectivity index (χ0n) is 15.6. The van der Waals surface area contributed by atoms with Crippen molar-refractivity contribution in [1.29, 1.82) is 0 Å². The lowest BCUT2D eigenvalue weighted by Crippen LogP contribution is -2.26. The van der Waals surface area contributed by atoms with Crippen molar-refractivity contribution < 1.29 is 18.3 Å². The number of hydrogen-bond donors (Lipinski definition) is 2. The summed E-state index contributed by atoms with van der Waals surface area (Å²) >= 11 is 6.03. The Bertz CT molecular complexity index is 984. The Hall–Kier alpha value is -2.25. The van der Waals surface area contributed by atoms with Crippen LogP contribution in [0.4, 0.5) is 11.4 Å². The molecule has 0 unspecified atom stereocenters. The quantitative estimate of drug-likeness (QED) is 0.739. The number of halogens is 1. The molecule has 28 heavy (non-hydrogen) atoms. The Kier molecular flexibility index (Phi) is 6.15. The van der Waals surface area contributed by atoms with Gasteiger partial charge in [0.25, 0.3) is 10.0 Å². The zero-order chi connectivity index (χ0) is 20.3. The highest BCUT2D eigenvalue weighted by Crippen LogP contribution is 2.29. The second-order valence-electron chi connectivity index (χ2n) is 6.91. The molecule has 3 rings (SSSR count). The van der Waals surface area contributed by atoms with Crippen molar-refractivity contribution in [2.45, 2.75) is 37.5 Å². The van der Waals surface area contributed by atoms with Crippen LogP contribution in [-0.4, -0.2) is 32.6 Å². The van der Waals surface area contributed by atoms with Crippen molar-refractivity contribution in [2.75, 3.05) is 22.7 Å². The van der Waals surface area contributed by atoms with E-state index in [0.717, 1.165) is 38.8 Å². The Morgan fingerprint density at radius 2 is 1.79 bits per heavy atom. The van der Waals surface area contributed by atoms with Gasteiger partial charge in [0, 0.05) is 23.8 Å². The molecular formula is C20H23ClN2O4S. The van der Waals surface area contributed by atoms with Crippen LogP contribution in [-0.2, 0) is 10.0 Å². The van der Waals surface area contributed by atoms with E-state index in [0.29, 0.717) is 16.3 Å². The molecule has 0 amide bonds. The summed E-state index contributed by atoms with van der Waals surface area (Å²) in [6.45, 7) is 3.22. The van der Waals surface area contributed by atoms with Gasteiger partial charge in [0.15, 0.2) is 0 Å². The van der Waals surface area contributed by atoms with Crippen molar-refractivity contribution in [3.05, 3.63) is 52.5 Å². The van der Waals surface area contributed by atoms with Gasteiger partial charge in [-0.3, -0.25) is 4.72 Å². The maximum Gasteiger partial charge on any atom is 0.337 e. The van der Waals surface area contributed by atoms with Crippen molar-refractivity contribution in [1.82, 2.24) is 0 Å². The van der Waals surface area contributed by atoms with Gasteiger partial charge in [0.1, 0.15) is 0 Å². The van der Waals surface area contributed by atoms with Crippen LogP contribution in [0.15, 0.2) is 41.3 Å². The summed E-state index contributed by atoms with van der Waals surface area (Å²) in [5.74, 6) is -1.08. The number of carboxylic acids is 1. The third-order valence-electron chi connectivity index (χ3n) is 4.93. The molecule has 0 aliphatic carbocycles. The summed E-state index contributed by atoms with van der Waals surface area (Å²) in [7, 11) is -3.89. The molecule has 2 N–H and O–H groups in total. The fourth-order valence-electron chi connectivity index (χ4n) is 3.45. The molecule has 0 bridgehead atoms. The number of rotatable bonds is 5. The zero-order valence-corrected chi connectivity index (χ0v) is 17.2. The first-order chi connectivity index (χ1) is 13.3. The van der Waals surface area contributed by atoms with E-state index in [1.54, 1.807) is 31.2 Å². The fourth-order valence-corrected chi connectivity index (χ4v) is 5.00. The average Bonchev–Trinajstić information content (AvgIpc) is 2.92. The van der Waals surface area contributed by atoms with Gasteiger partial charge in [0.05, 0.1) is 16.1 Å². The maximum atomic E-state index is 12.8. The molecule has 8 heteroatoms. The van der Waals surface area contributed by atoms with Crippen LogP contribution in [0.1, 0.15) is 41.6 Å². The minimum atomic E-state index is -3.89. The number of carbonyl (C=O) groups is 1. The normalized spacial score (nSPS) is 15.1. The molecule has 2 aromatic carbocycles. The van der Waals surface area contributed by atoms with E-state index >= 15 is 0 Å². The molecule has 0 radical (unpaired) electrons. The van der Waals surface area contributed by atoms with Crippen LogP contribution in [0.2, 0.25) is 5.02 Å². The van der Waals surface area contributed by atoms with E-state index in [-0.39, 0.29) is 16.1 Å². The predicted molar refractivity (Wildman–Crippen MR) is 111 cm³/mol. The van der Waals surface area contributed by atoms with Crippen LogP contribution in [0.25, 0.3) is 0 Å². The van der Waals surface area contributed by atoms with E-state index in [9.17, 15) is 18.3 Å². The van der Waals surface area contributed by atoms with Crippen LogP contribution >= 0.6 is 11.6 Å². The number of nitrogens with zero attached hydrogens (tertiary/aromatic N) is 1. The Labute approximate surface area is 170 Å². The minimum Gasteiger partial charge on any atom is -0.478 e. The molecule has 150 valence electrons. The van der Waals surface area contributed by atoms with E-state index in [1.807, 2.05) is 0 Å². The fraction of sp³-hybridized carbons (Fsp3) is 0.350. The van der Waals surface area contributed by atoms with Crippen LogP contribution in [0, 0.1) is 6.92 Å². The largest absolute Gasteiger partial charge is 0.478 e. The van der Waals surface area contributed by atoms with Gasteiger partial charge in [-0.25, -0.2) is 13.2 Å². The molecular weight excluding hydrogens is 400 g/mol. The third-order valence-corrected chi connectivity index (χ3v) is 6.87. The van der Waals surface area contributed by atoms with Gasteiger partial charge < -0.3 is 10.0 Å². The topological polar surface area (TPSA) is 86.7 Å². The Morgan fingerprint density at radius 3 is 2.43 bits per heavy atom. The second-order valence-corrected chi connectivity index (χ2v) is 8.96. The summed E-state index contributed by atoms with van der Waals surface area (Å²) in [6.07, 6.45) is 4.30. The Morgan fingerprint density at radius 1 is 1.11 bits per heavy atom.